The SMILES string of the molecule is C/C(=C\CN(C)C(=O)C(NC(=O)[C@@H](N(C)C(=O)OC(C)(C)C)C(C)(C)c1ccccc1)C(C)(C)C)C(=O)NCCCC(=O)NCCN1C(=O)C=CC1=O. The number of imide groups is 1. The number of nitrogens with zero attached hydrogens (tertiary/aromatic N) is 3. The molecule has 1 unspecified atom stereocenters. The summed E-state index contributed by atoms with van der Waals surface area (Å²) in [6.45, 7) is 16.6. The molecule has 0 radical (unpaired) electrons. The highest BCUT2D eigenvalue weighted by atomic mass is 16.6. The average molecular weight is 739 g/mol. The van der Waals surface area contributed by atoms with E-state index in [9.17, 15) is 33.6 Å². The quantitative estimate of drug-likeness (QED) is 0.132. The summed E-state index contributed by atoms with van der Waals surface area (Å²) >= 11 is 0. The number of nitrogens with one attached hydrogen (secondary N) is 3. The van der Waals surface area contributed by atoms with E-state index < -0.39 is 52.3 Å². The highest BCUT2D eigenvalue weighted by Crippen LogP contribution is 2.32. The Morgan fingerprint density at radius 2 is 1.45 bits per heavy atom. The third-order valence-corrected chi connectivity index (χ3v) is 8.75. The molecule has 53 heavy (non-hydrogen) atoms. The molecule has 0 bridgehead atoms. The second kappa shape index (κ2) is 18.7. The van der Waals surface area contributed by atoms with Crippen LogP contribution in [0.3, 0.4) is 0 Å². The van der Waals surface area contributed by atoms with Crippen LogP contribution < -0.4 is 16.0 Å². The Morgan fingerprint density at radius 3 is 2.00 bits per heavy atom. The summed E-state index contributed by atoms with van der Waals surface area (Å²) < 4.78 is 5.62. The first-order valence-corrected chi connectivity index (χ1v) is 17.8. The smallest absolute Gasteiger partial charge is 0.410 e. The Hall–Kier alpha value is -5.01. The van der Waals surface area contributed by atoms with Crippen molar-refractivity contribution < 1.29 is 38.3 Å². The number of carbonyl (C=O) groups excluding carboxylic acids is 7. The summed E-state index contributed by atoms with van der Waals surface area (Å²) in [6, 6.07) is 7.32. The highest BCUT2D eigenvalue weighted by Gasteiger charge is 2.45. The van der Waals surface area contributed by atoms with E-state index in [0.29, 0.717) is 12.0 Å². The van der Waals surface area contributed by atoms with Gasteiger partial charge in [0.15, 0.2) is 0 Å². The molecular weight excluding hydrogens is 680 g/mol. The van der Waals surface area contributed by atoms with E-state index in [1.54, 1.807) is 40.8 Å². The van der Waals surface area contributed by atoms with Crippen LogP contribution in [0.4, 0.5) is 4.79 Å². The van der Waals surface area contributed by atoms with E-state index in [1.807, 2.05) is 65.0 Å². The molecule has 2 atom stereocenters. The number of rotatable bonds is 16. The van der Waals surface area contributed by atoms with Crippen molar-refractivity contribution >= 4 is 41.5 Å². The number of ether oxygens (including phenoxy) is 1. The molecule has 0 saturated heterocycles. The molecule has 292 valence electrons. The number of hydrogen-bond donors (Lipinski definition) is 3. The van der Waals surface area contributed by atoms with E-state index in [0.717, 1.165) is 10.5 Å². The minimum absolute atomic E-state index is 0.0787. The van der Waals surface area contributed by atoms with E-state index in [4.69, 9.17) is 4.74 Å². The summed E-state index contributed by atoms with van der Waals surface area (Å²) in [7, 11) is 3.09. The van der Waals surface area contributed by atoms with Gasteiger partial charge in [0.05, 0.1) is 0 Å². The summed E-state index contributed by atoms with van der Waals surface area (Å²) in [4.78, 5) is 93.2. The molecule has 1 aromatic carbocycles. The molecule has 1 aromatic rings. The van der Waals surface area contributed by atoms with Crippen LogP contribution in [0.15, 0.2) is 54.1 Å². The minimum atomic E-state index is -1.05. The molecule has 1 aliphatic rings. The zero-order valence-corrected chi connectivity index (χ0v) is 33.1. The fourth-order valence-electron chi connectivity index (χ4n) is 5.64. The number of amides is 7. The van der Waals surface area contributed by atoms with Gasteiger partial charge in [0.25, 0.3) is 11.8 Å². The Labute approximate surface area is 313 Å². The topological polar surface area (TPSA) is 175 Å². The van der Waals surface area contributed by atoms with Crippen LogP contribution in [-0.4, -0.2) is 114 Å². The molecule has 0 saturated carbocycles. The number of likely N-dealkylation sites (N-methyl/N-ethyl adjacent to an activating group) is 2. The van der Waals surface area contributed by atoms with Crippen molar-refractivity contribution in [3.63, 3.8) is 0 Å². The minimum Gasteiger partial charge on any atom is -0.444 e. The maximum absolute atomic E-state index is 14.3. The Kier molecular flexibility index (Phi) is 15.5. The monoisotopic (exact) mass is 738 g/mol. The van der Waals surface area contributed by atoms with Gasteiger partial charge in [-0.25, -0.2) is 4.79 Å². The molecule has 14 nitrogen and oxygen atoms in total. The second-order valence-corrected chi connectivity index (χ2v) is 15.9. The Bertz CT molecular complexity index is 1550. The third-order valence-electron chi connectivity index (χ3n) is 8.75. The first-order valence-electron chi connectivity index (χ1n) is 17.8. The number of carbonyl (C=O) groups is 7. The van der Waals surface area contributed by atoms with Gasteiger partial charge in [-0.1, -0.05) is 71.0 Å². The largest absolute Gasteiger partial charge is 0.444 e. The fraction of sp³-hybridized carbons (Fsp3) is 0.564. The van der Waals surface area contributed by atoms with Crippen LogP contribution in [0.1, 0.15) is 80.7 Å². The van der Waals surface area contributed by atoms with Gasteiger partial charge in [-0.05, 0) is 45.1 Å². The van der Waals surface area contributed by atoms with Crippen molar-refractivity contribution in [3.05, 3.63) is 59.7 Å². The predicted molar refractivity (Wildman–Crippen MR) is 201 cm³/mol. The van der Waals surface area contributed by atoms with Crippen molar-refractivity contribution in [1.82, 2.24) is 30.7 Å². The number of benzene rings is 1. The van der Waals surface area contributed by atoms with Crippen molar-refractivity contribution in [2.24, 2.45) is 5.41 Å². The lowest BCUT2D eigenvalue weighted by molar-refractivity contribution is -0.140. The van der Waals surface area contributed by atoms with Crippen molar-refractivity contribution in [3.8, 4) is 0 Å². The molecular formula is C39H58N6O8. The maximum Gasteiger partial charge on any atom is 0.410 e. The first-order chi connectivity index (χ1) is 24.5. The van der Waals surface area contributed by atoms with Gasteiger partial charge in [-0.15, -0.1) is 0 Å². The molecule has 7 amide bonds. The molecule has 14 heteroatoms. The van der Waals surface area contributed by atoms with Gasteiger partial charge < -0.3 is 25.6 Å². The molecule has 0 spiro atoms. The Morgan fingerprint density at radius 1 is 0.868 bits per heavy atom. The molecule has 0 aromatic heterocycles. The zero-order valence-electron chi connectivity index (χ0n) is 33.1. The van der Waals surface area contributed by atoms with Gasteiger partial charge in [0, 0.05) is 69.8 Å². The first kappa shape index (κ1) is 44.2. The maximum atomic E-state index is 14.3. The van der Waals surface area contributed by atoms with Crippen LogP contribution in [-0.2, 0) is 38.9 Å². The van der Waals surface area contributed by atoms with Crippen LogP contribution in [0, 0.1) is 5.41 Å². The second-order valence-electron chi connectivity index (χ2n) is 15.9. The summed E-state index contributed by atoms with van der Waals surface area (Å²) in [5.74, 6) is -2.37. The lowest BCUT2D eigenvalue weighted by atomic mass is 9.76. The third kappa shape index (κ3) is 13.2. The van der Waals surface area contributed by atoms with E-state index >= 15 is 0 Å². The van der Waals surface area contributed by atoms with Gasteiger partial charge in [0.2, 0.25) is 23.6 Å². The lowest BCUT2D eigenvalue weighted by Crippen LogP contribution is -2.62. The number of hydrogen-bond acceptors (Lipinski definition) is 8. The van der Waals surface area contributed by atoms with Crippen molar-refractivity contribution in [2.45, 2.75) is 98.3 Å². The van der Waals surface area contributed by atoms with Gasteiger partial charge in [-0.2, -0.15) is 0 Å². The highest BCUT2D eigenvalue weighted by molar-refractivity contribution is 6.12. The fourth-order valence-corrected chi connectivity index (χ4v) is 5.64. The molecule has 0 fully saturated rings. The molecule has 0 aliphatic carbocycles. The normalized spacial score (nSPS) is 14.7. The van der Waals surface area contributed by atoms with Gasteiger partial charge >= 0.3 is 6.09 Å². The molecule has 1 heterocycles. The molecule has 1 aliphatic heterocycles. The van der Waals surface area contributed by atoms with Crippen LogP contribution in [0.2, 0.25) is 0 Å². The van der Waals surface area contributed by atoms with Crippen molar-refractivity contribution in [2.75, 3.05) is 40.3 Å². The summed E-state index contributed by atoms with van der Waals surface area (Å²) in [6.07, 6.45) is 3.79. The van der Waals surface area contributed by atoms with Crippen LogP contribution in [0.5, 0.6) is 0 Å². The zero-order chi connectivity index (χ0) is 40.3. The van der Waals surface area contributed by atoms with E-state index in [2.05, 4.69) is 16.0 Å². The molecule has 2 rings (SSSR count). The predicted octanol–water partition coefficient (Wildman–Crippen LogP) is 3.07. The van der Waals surface area contributed by atoms with E-state index in [1.165, 1.54) is 29.0 Å². The van der Waals surface area contributed by atoms with Gasteiger partial charge in [0.1, 0.15) is 17.7 Å². The summed E-state index contributed by atoms with van der Waals surface area (Å²) in [5.41, 5.74) is -1.23. The van der Waals surface area contributed by atoms with Crippen LogP contribution >= 0.6 is 0 Å². The molecule has 3 N–H and O–H groups in total. The van der Waals surface area contributed by atoms with Crippen LogP contribution in [0.25, 0.3) is 0 Å². The van der Waals surface area contributed by atoms with Gasteiger partial charge in [-0.3, -0.25) is 38.6 Å². The van der Waals surface area contributed by atoms with E-state index in [-0.39, 0.29) is 50.3 Å². The average Bonchev–Trinajstić information content (AvgIpc) is 3.38. The Balaban J connectivity index is 2.05. The lowest BCUT2D eigenvalue weighted by Gasteiger charge is -2.42. The summed E-state index contributed by atoms with van der Waals surface area (Å²) in [5, 5.41) is 8.36. The standard InChI is InChI=1S/C39H58N6O8/c1-26(33(49)41-22-15-18-28(46)40-23-25-45-29(47)19-20-30(45)48)21-24-43(10)35(51)31(37(2,3)4)42-34(50)32(44(11)36(52)53-38(5,6)7)39(8,9)27-16-13-12-14-17-27/h12-14,16-17,19-21,31-32H,15,18,22-25H2,1-11H3,(H,40,46)(H,41,49)(H,42,50)/b26-21+/t31?,32-/m1/s1. The van der Waals surface area contributed by atoms with Crippen molar-refractivity contribution in [1.29, 1.82) is 0 Å².